The molecule has 0 bridgehead atoms. The lowest BCUT2D eigenvalue weighted by Gasteiger charge is -2.33. The Balaban J connectivity index is 1.63. The molecule has 7 heteroatoms. The van der Waals surface area contributed by atoms with Gasteiger partial charge in [0.05, 0.1) is 12.1 Å². The Labute approximate surface area is 138 Å². The molecule has 4 rings (SSSR count). The van der Waals surface area contributed by atoms with E-state index >= 15 is 0 Å². The second kappa shape index (κ2) is 5.31. The number of aromatic amines is 1. The third-order valence-corrected chi connectivity index (χ3v) is 5.07. The van der Waals surface area contributed by atoms with Gasteiger partial charge in [-0.2, -0.15) is 0 Å². The van der Waals surface area contributed by atoms with Crippen LogP contribution >= 0.6 is 0 Å². The minimum absolute atomic E-state index is 0.0599. The van der Waals surface area contributed by atoms with Gasteiger partial charge in [0.1, 0.15) is 18.1 Å². The van der Waals surface area contributed by atoms with E-state index in [1.807, 2.05) is 0 Å². The van der Waals surface area contributed by atoms with Crippen LogP contribution in [-0.4, -0.2) is 65.5 Å². The van der Waals surface area contributed by atoms with Crippen LogP contribution in [0, 0.1) is 12.7 Å². The van der Waals surface area contributed by atoms with E-state index in [9.17, 15) is 14.0 Å². The maximum Gasteiger partial charge on any atom is 0.270 e. The molecule has 1 aromatic carbocycles. The number of benzene rings is 1. The maximum absolute atomic E-state index is 13.4. The zero-order valence-electron chi connectivity index (χ0n) is 13.5. The number of fused-ring (bicyclic) bond motifs is 2. The molecule has 0 saturated carbocycles. The molecule has 3 heterocycles. The third-order valence-electron chi connectivity index (χ3n) is 5.07. The van der Waals surface area contributed by atoms with Gasteiger partial charge in [-0.1, -0.05) is 0 Å². The number of H-pyrrole nitrogens is 1. The summed E-state index contributed by atoms with van der Waals surface area (Å²) in [5.41, 5.74) is 1.93. The number of hydrogen-bond donors (Lipinski definition) is 1. The van der Waals surface area contributed by atoms with Crippen molar-refractivity contribution in [3.05, 3.63) is 35.3 Å². The van der Waals surface area contributed by atoms with E-state index in [0.717, 1.165) is 11.1 Å². The molecule has 0 spiro atoms. The van der Waals surface area contributed by atoms with Gasteiger partial charge < -0.3 is 19.5 Å². The number of ether oxygens (including phenoxy) is 1. The van der Waals surface area contributed by atoms with Crippen molar-refractivity contribution in [2.24, 2.45) is 0 Å². The van der Waals surface area contributed by atoms with Crippen molar-refractivity contribution in [2.45, 2.75) is 19.1 Å². The Kier molecular flexibility index (Phi) is 3.35. The topological polar surface area (TPSA) is 65.6 Å². The zero-order valence-corrected chi connectivity index (χ0v) is 13.5. The summed E-state index contributed by atoms with van der Waals surface area (Å²) in [6, 6.07) is 4.31. The van der Waals surface area contributed by atoms with Crippen molar-refractivity contribution in [3.63, 3.8) is 0 Å². The molecule has 126 valence electrons. The van der Waals surface area contributed by atoms with E-state index in [1.54, 1.807) is 29.8 Å². The Morgan fingerprint density at radius 2 is 2.17 bits per heavy atom. The molecular weight excluding hydrogens is 313 g/mol. The number of rotatable bonds is 1. The molecular formula is C17H18FN3O3. The maximum atomic E-state index is 13.4. The quantitative estimate of drug-likeness (QED) is 0.856. The van der Waals surface area contributed by atoms with Crippen LogP contribution in [0.3, 0.4) is 0 Å². The molecule has 1 aromatic heterocycles. The number of nitrogens with zero attached hydrogens (tertiary/aromatic N) is 2. The molecule has 2 saturated heterocycles. The molecule has 6 nitrogen and oxygen atoms in total. The SMILES string of the molecule is Cc1c(C(=O)N2C[C@@H]3OCC(=O)N(C)[C@H]3C2)[nH]c2ccc(F)cc12. The molecule has 2 aliphatic rings. The van der Waals surface area contributed by atoms with E-state index in [1.165, 1.54) is 12.1 Å². The van der Waals surface area contributed by atoms with Crippen LogP contribution in [0.15, 0.2) is 18.2 Å². The van der Waals surface area contributed by atoms with Crippen LogP contribution in [-0.2, 0) is 9.53 Å². The highest BCUT2D eigenvalue weighted by Gasteiger charge is 2.43. The number of likely N-dealkylation sites (N-methyl/N-ethyl adjacent to an activating group) is 1. The molecule has 2 atom stereocenters. The summed E-state index contributed by atoms with van der Waals surface area (Å²) >= 11 is 0. The Morgan fingerprint density at radius 1 is 1.38 bits per heavy atom. The van der Waals surface area contributed by atoms with Crippen molar-refractivity contribution in [1.82, 2.24) is 14.8 Å². The average Bonchev–Trinajstić information content (AvgIpc) is 3.13. The van der Waals surface area contributed by atoms with Crippen LogP contribution in [0.4, 0.5) is 4.39 Å². The first-order chi connectivity index (χ1) is 11.5. The first kappa shape index (κ1) is 15.1. The number of nitrogens with one attached hydrogen (secondary N) is 1. The normalized spacial score (nSPS) is 23.9. The standard InChI is InChI=1S/C17H18FN3O3/c1-9-11-5-10(18)3-4-12(11)19-16(9)17(23)21-6-13-14(7-21)24-8-15(22)20(13)2/h3-5,13-14,19H,6-8H2,1-2H3/t13-,14-/m0/s1. The molecule has 0 unspecified atom stereocenters. The minimum Gasteiger partial charge on any atom is -0.364 e. The van der Waals surface area contributed by atoms with E-state index in [4.69, 9.17) is 4.74 Å². The van der Waals surface area contributed by atoms with Crippen molar-refractivity contribution < 1.29 is 18.7 Å². The highest BCUT2D eigenvalue weighted by Crippen LogP contribution is 2.27. The number of hydrogen-bond acceptors (Lipinski definition) is 3. The highest BCUT2D eigenvalue weighted by atomic mass is 19.1. The van der Waals surface area contributed by atoms with Crippen molar-refractivity contribution in [2.75, 3.05) is 26.7 Å². The van der Waals surface area contributed by atoms with Crippen molar-refractivity contribution in [1.29, 1.82) is 0 Å². The summed E-state index contributed by atoms with van der Waals surface area (Å²) in [6.07, 6.45) is -0.154. The highest BCUT2D eigenvalue weighted by molar-refractivity contribution is 6.01. The van der Waals surface area contributed by atoms with Gasteiger partial charge in [-0.05, 0) is 30.7 Å². The lowest BCUT2D eigenvalue weighted by Crippen LogP contribution is -2.51. The number of carbonyl (C=O) groups excluding carboxylic acids is 2. The largest absolute Gasteiger partial charge is 0.364 e. The lowest BCUT2D eigenvalue weighted by molar-refractivity contribution is -0.150. The van der Waals surface area contributed by atoms with E-state index in [2.05, 4.69) is 4.98 Å². The Morgan fingerprint density at radius 3 is 2.96 bits per heavy atom. The fourth-order valence-corrected chi connectivity index (χ4v) is 3.59. The third kappa shape index (κ3) is 2.19. The van der Waals surface area contributed by atoms with Crippen LogP contribution < -0.4 is 0 Å². The number of morpholine rings is 1. The number of aromatic nitrogens is 1. The summed E-state index contributed by atoms with van der Waals surface area (Å²) in [6.45, 7) is 2.75. The van der Waals surface area contributed by atoms with Gasteiger partial charge in [-0.15, -0.1) is 0 Å². The van der Waals surface area contributed by atoms with Gasteiger partial charge in [-0.25, -0.2) is 4.39 Å². The number of carbonyl (C=O) groups is 2. The predicted octanol–water partition coefficient (Wildman–Crippen LogP) is 1.30. The average molecular weight is 331 g/mol. The van der Waals surface area contributed by atoms with Crippen LogP contribution in [0.2, 0.25) is 0 Å². The summed E-state index contributed by atoms with van der Waals surface area (Å²) in [7, 11) is 1.74. The number of aryl methyl sites for hydroxylation is 1. The lowest BCUT2D eigenvalue weighted by atomic mass is 10.1. The molecule has 0 radical (unpaired) electrons. The first-order valence-corrected chi connectivity index (χ1v) is 7.90. The summed E-state index contributed by atoms with van der Waals surface area (Å²) in [4.78, 5) is 31.1. The van der Waals surface area contributed by atoms with Gasteiger partial charge in [0.2, 0.25) is 5.91 Å². The fraction of sp³-hybridized carbons (Fsp3) is 0.412. The van der Waals surface area contributed by atoms with Crippen molar-refractivity contribution in [3.8, 4) is 0 Å². The van der Waals surface area contributed by atoms with Crippen LogP contribution in [0.5, 0.6) is 0 Å². The predicted molar refractivity (Wildman–Crippen MR) is 85.2 cm³/mol. The molecule has 2 amide bonds. The van der Waals surface area contributed by atoms with Gasteiger partial charge in [0.15, 0.2) is 0 Å². The Hall–Kier alpha value is -2.41. The van der Waals surface area contributed by atoms with Crippen LogP contribution in [0.25, 0.3) is 10.9 Å². The summed E-state index contributed by atoms with van der Waals surface area (Å²) < 4.78 is 19.0. The van der Waals surface area contributed by atoms with Gasteiger partial charge in [0.25, 0.3) is 5.91 Å². The van der Waals surface area contributed by atoms with E-state index in [0.29, 0.717) is 24.2 Å². The summed E-state index contributed by atoms with van der Waals surface area (Å²) in [5, 5.41) is 0.707. The molecule has 0 aliphatic carbocycles. The zero-order chi connectivity index (χ0) is 17.0. The van der Waals surface area contributed by atoms with E-state index in [-0.39, 0.29) is 36.4 Å². The molecule has 2 aromatic rings. The van der Waals surface area contributed by atoms with E-state index < -0.39 is 0 Å². The molecule has 1 N–H and O–H groups in total. The second-order valence-corrected chi connectivity index (χ2v) is 6.45. The van der Waals surface area contributed by atoms with Gasteiger partial charge >= 0.3 is 0 Å². The minimum atomic E-state index is -0.329. The smallest absolute Gasteiger partial charge is 0.270 e. The van der Waals surface area contributed by atoms with Crippen molar-refractivity contribution >= 4 is 22.7 Å². The monoisotopic (exact) mass is 331 g/mol. The van der Waals surface area contributed by atoms with Gasteiger partial charge in [-0.3, -0.25) is 9.59 Å². The Bertz CT molecular complexity index is 847. The second-order valence-electron chi connectivity index (χ2n) is 6.45. The number of halogens is 1. The summed E-state index contributed by atoms with van der Waals surface area (Å²) in [5.74, 6) is -0.546. The molecule has 24 heavy (non-hydrogen) atoms. The molecule has 2 aliphatic heterocycles. The number of amides is 2. The fourth-order valence-electron chi connectivity index (χ4n) is 3.59. The number of likely N-dealkylation sites (tertiary alicyclic amines) is 1. The van der Waals surface area contributed by atoms with Crippen LogP contribution in [0.1, 0.15) is 16.1 Å². The first-order valence-electron chi connectivity index (χ1n) is 7.90. The van der Waals surface area contributed by atoms with Gasteiger partial charge in [0, 0.05) is 31.0 Å². The molecule has 2 fully saturated rings.